The average Bonchev–Trinajstić information content (AvgIpc) is 2.58. The molecular formula is C18H20N2O2. The number of ether oxygens (including phenoxy) is 2. The summed E-state index contributed by atoms with van der Waals surface area (Å²) in [5, 5.41) is 8.65. The maximum Gasteiger partial charge on any atom is 0.217 e. The molecule has 4 heteroatoms. The fraction of sp³-hybridized carbons (Fsp3) is 0.222. The predicted octanol–water partition coefficient (Wildman–Crippen LogP) is 4.37. The van der Waals surface area contributed by atoms with Crippen LogP contribution in [-0.4, -0.2) is 25.0 Å². The summed E-state index contributed by atoms with van der Waals surface area (Å²) in [6.45, 7) is 8.06. The third-order valence-corrected chi connectivity index (χ3v) is 3.05. The number of azo groups is 1. The second-order valence-electron chi connectivity index (χ2n) is 4.66. The van der Waals surface area contributed by atoms with Crippen molar-refractivity contribution in [2.24, 2.45) is 10.2 Å². The molecule has 0 bridgehead atoms. The third-order valence-electron chi connectivity index (χ3n) is 3.05. The molecule has 0 saturated heterocycles. The van der Waals surface area contributed by atoms with E-state index < -0.39 is 5.79 Å². The Bertz CT molecular complexity index is 564. The highest BCUT2D eigenvalue weighted by atomic mass is 16.7. The molecule has 2 rings (SSSR count). The highest BCUT2D eigenvalue weighted by Gasteiger charge is 2.39. The van der Waals surface area contributed by atoms with E-state index >= 15 is 0 Å². The third kappa shape index (κ3) is 4.10. The molecule has 0 saturated carbocycles. The molecule has 0 aromatic heterocycles. The highest BCUT2D eigenvalue weighted by Crippen LogP contribution is 2.28. The van der Waals surface area contributed by atoms with E-state index in [-0.39, 0.29) is 6.04 Å². The summed E-state index contributed by atoms with van der Waals surface area (Å²) in [5.41, 5.74) is 0.784. The zero-order chi connectivity index (χ0) is 15.7. The molecule has 1 aromatic rings. The van der Waals surface area contributed by atoms with E-state index in [9.17, 15) is 0 Å². The Balaban J connectivity index is 2.22. The molecule has 0 amide bonds. The monoisotopic (exact) mass is 296 g/mol. The van der Waals surface area contributed by atoms with Crippen LogP contribution in [0.3, 0.4) is 0 Å². The average molecular weight is 296 g/mol. The molecular weight excluding hydrogens is 276 g/mol. The Kier molecular flexibility index (Phi) is 6.01. The SMILES string of the molecule is C=CCOC1(OCC=C)C=CC=CC1N=Nc1ccccc1. The van der Waals surface area contributed by atoms with Gasteiger partial charge in [0.2, 0.25) is 5.79 Å². The summed E-state index contributed by atoms with van der Waals surface area (Å²) in [7, 11) is 0. The summed E-state index contributed by atoms with van der Waals surface area (Å²) in [6, 6.07) is 9.18. The van der Waals surface area contributed by atoms with Crippen LogP contribution in [0.5, 0.6) is 0 Å². The van der Waals surface area contributed by atoms with Gasteiger partial charge in [0, 0.05) is 0 Å². The summed E-state index contributed by atoms with van der Waals surface area (Å²) < 4.78 is 11.7. The number of nitrogens with zero attached hydrogens (tertiary/aromatic N) is 2. The number of benzene rings is 1. The maximum atomic E-state index is 5.84. The highest BCUT2D eigenvalue weighted by molar-refractivity contribution is 5.35. The summed E-state index contributed by atoms with van der Waals surface area (Å²) in [6.07, 6.45) is 10.9. The van der Waals surface area contributed by atoms with Gasteiger partial charge in [0.1, 0.15) is 6.04 Å². The Morgan fingerprint density at radius 2 is 1.73 bits per heavy atom. The Morgan fingerprint density at radius 1 is 1.05 bits per heavy atom. The van der Waals surface area contributed by atoms with Gasteiger partial charge < -0.3 is 9.47 Å². The molecule has 22 heavy (non-hydrogen) atoms. The molecule has 4 nitrogen and oxygen atoms in total. The van der Waals surface area contributed by atoms with Gasteiger partial charge in [0.25, 0.3) is 0 Å². The largest absolute Gasteiger partial charge is 0.340 e. The molecule has 114 valence electrons. The number of hydrogen-bond acceptors (Lipinski definition) is 4. The van der Waals surface area contributed by atoms with Gasteiger partial charge in [0.15, 0.2) is 0 Å². The van der Waals surface area contributed by atoms with Crippen LogP contribution < -0.4 is 0 Å². The fourth-order valence-corrected chi connectivity index (χ4v) is 2.02. The van der Waals surface area contributed by atoms with Crippen molar-refractivity contribution in [2.45, 2.75) is 11.8 Å². The lowest BCUT2D eigenvalue weighted by Crippen LogP contribution is -2.45. The van der Waals surface area contributed by atoms with Crippen LogP contribution in [0, 0.1) is 0 Å². The lowest BCUT2D eigenvalue weighted by Gasteiger charge is -2.34. The molecule has 1 aromatic carbocycles. The zero-order valence-corrected chi connectivity index (χ0v) is 12.5. The molecule has 0 N–H and O–H groups in total. The summed E-state index contributed by atoms with van der Waals surface area (Å²) >= 11 is 0. The summed E-state index contributed by atoms with van der Waals surface area (Å²) in [5.74, 6) is -0.991. The Labute approximate surface area is 131 Å². The number of hydrogen-bond donors (Lipinski definition) is 0. The second-order valence-corrected chi connectivity index (χ2v) is 4.66. The zero-order valence-electron chi connectivity index (χ0n) is 12.5. The fourth-order valence-electron chi connectivity index (χ4n) is 2.02. The molecule has 0 aliphatic heterocycles. The van der Waals surface area contributed by atoms with Crippen LogP contribution in [0.2, 0.25) is 0 Å². The van der Waals surface area contributed by atoms with Crippen molar-refractivity contribution < 1.29 is 9.47 Å². The Hall–Kier alpha value is -2.30. The van der Waals surface area contributed by atoms with Crippen molar-refractivity contribution in [3.8, 4) is 0 Å². The molecule has 0 radical (unpaired) electrons. The van der Waals surface area contributed by atoms with E-state index in [4.69, 9.17) is 9.47 Å². The smallest absolute Gasteiger partial charge is 0.217 e. The molecule has 1 aliphatic rings. The minimum atomic E-state index is -0.991. The predicted molar refractivity (Wildman–Crippen MR) is 88.1 cm³/mol. The first kappa shape index (κ1) is 16.1. The van der Waals surface area contributed by atoms with Crippen molar-refractivity contribution >= 4 is 5.69 Å². The molecule has 0 fully saturated rings. The quantitative estimate of drug-likeness (QED) is 0.406. The lowest BCUT2D eigenvalue weighted by atomic mass is 10.0. The van der Waals surface area contributed by atoms with Gasteiger partial charge >= 0.3 is 0 Å². The Morgan fingerprint density at radius 3 is 2.36 bits per heavy atom. The van der Waals surface area contributed by atoms with Crippen LogP contribution in [0.25, 0.3) is 0 Å². The normalized spacial score (nSPS) is 19.4. The van der Waals surface area contributed by atoms with E-state index in [1.54, 1.807) is 12.2 Å². The minimum absolute atomic E-state index is 0.354. The second kappa shape index (κ2) is 8.22. The van der Waals surface area contributed by atoms with Gasteiger partial charge in [-0.25, -0.2) is 0 Å². The lowest BCUT2D eigenvalue weighted by molar-refractivity contribution is -0.197. The van der Waals surface area contributed by atoms with Crippen LogP contribution >= 0.6 is 0 Å². The minimum Gasteiger partial charge on any atom is -0.340 e. The van der Waals surface area contributed by atoms with E-state index in [1.807, 2.05) is 54.6 Å². The van der Waals surface area contributed by atoms with Crippen molar-refractivity contribution in [2.75, 3.05) is 13.2 Å². The van der Waals surface area contributed by atoms with Gasteiger partial charge in [-0.05, 0) is 18.2 Å². The molecule has 0 spiro atoms. The first-order valence-electron chi connectivity index (χ1n) is 7.12. The molecule has 1 atom stereocenters. The van der Waals surface area contributed by atoms with Crippen LogP contribution in [0.4, 0.5) is 5.69 Å². The van der Waals surface area contributed by atoms with E-state index in [0.29, 0.717) is 13.2 Å². The maximum absolute atomic E-state index is 5.84. The molecule has 1 unspecified atom stereocenters. The summed E-state index contributed by atoms with van der Waals surface area (Å²) in [4.78, 5) is 0. The van der Waals surface area contributed by atoms with Crippen molar-refractivity contribution in [1.82, 2.24) is 0 Å². The van der Waals surface area contributed by atoms with Crippen LogP contribution in [0.15, 0.2) is 90.2 Å². The van der Waals surface area contributed by atoms with Crippen LogP contribution in [0.1, 0.15) is 0 Å². The first-order chi connectivity index (χ1) is 10.8. The number of rotatable bonds is 8. The van der Waals surface area contributed by atoms with E-state index in [0.717, 1.165) is 5.69 Å². The topological polar surface area (TPSA) is 43.2 Å². The van der Waals surface area contributed by atoms with Gasteiger partial charge in [-0.3, -0.25) is 0 Å². The van der Waals surface area contributed by atoms with Gasteiger partial charge in [-0.1, -0.05) is 48.6 Å². The van der Waals surface area contributed by atoms with Gasteiger partial charge in [0.05, 0.1) is 18.9 Å². The van der Waals surface area contributed by atoms with E-state index in [2.05, 4.69) is 23.4 Å². The first-order valence-corrected chi connectivity index (χ1v) is 7.12. The van der Waals surface area contributed by atoms with Gasteiger partial charge in [-0.2, -0.15) is 10.2 Å². The van der Waals surface area contributed by atoms with Crippen molar-refractivity contribution in [1.29, 1.82) is 0 Å². The van der Waals surface area contributed by atoms with Gasteiger partial charge in [-0.15, -0.1) is 13.2 Å². The number of allylic oxidation sites excluding steroid dienone is 2. The van der Waals surface area contributed by atoms with E-state index in [1.165, 1.54) is 0 Å². The molecule has 1 aliphatic carbocycles. The molecule has 0 heterocycles. The van der Waals surface area contributed by atoms with Crippen molar-refractivity contribution in [3.05, 3.63) is 79.9 Å². The van der Waals surface area contributed by atoms with Crippen LogP contribution in [-0.2, 0) is 9.47 Å². The van der Waals surface area contributed by atoms with Crippen molar-refractivity contribution in [3.63, 3.8) is 0 Å². The standard InChI is InChI=1S/C18H20N2O2/c1-3-14-21-18(22-15-4-2)13-9-8-12-17(18)20-19-16-10-6-5-7-11-16/h3-13,17H,1-2,14-15H2.